The SMILES string of the molecule is CCOc1ccccc1NC(=O)CC(=O)Nc1cccc(C)c1C. The van der Waals surface area contributed by atoms with Crippen molar-refractivity contribution in [3.8, 4) is 5.75 Å². The van der Waals surface area contributed by atoms with Gasteiger partial charge in [0.1, 0.15) is 12.2 Å². The number of hydrogen-bond donors (Lipinski definition) is 2. The van der Waals surface area contributed by atoms with Crippen LogP contribution < -0.4 is 15.4 Å². The maximum Gasteiger partial charge on any atom is 0.233 e. The molecule has 0 aliphatic rings. The van der Waals surface area contributed by atoms with E-state index in [4.69, 9.17) is 4.74 Å². The van der Waals surface area contributed by atoms with Gasteiger partial charge in [0.2, 0.25) is 11.8 Å². The third kappa shape index (κ3) is 4.59. The Kier molecular flexibility index (Phi) is 5.95. The number of carbonyl (C=O) groups is 2. The lowest BCUT2D eigenvalue weighted by atomic mass is 10.1. The van der Waals surface area contributed by atoms with E-state index < -0.39 is 0 Å². The van der Waals surface area contributed by atoms with Gasteiger partial charge in [-0.25, -0.2) is 0 Å². The molecular weight excluding hydrogens is 304 g/mol. The Morgan fingerprint density at radius 1 is 0.917 bits per heavy atom. The summed E-state index contributed by atoms with van der Waals surface area (Å²) in [5, 5.41) is 5.49. The van der Waals surface area contributed by atoms with E-state index in [1.165, 1.54) is 0 Å². The van der Waals surface area contributed by atoms with E-state index in [0.717, 1.165) is 16.8 Å². The molecule has 5 nitrogen and oxygen atoms in total. The number of rotatable bonds is 6. The van der Waals surface area contributed by atoms with Crippen molar-refractivity contribution in [3.63, 3.8) is 0 Å². The molecule has 0 saturated heterocycles. The predicted octanol–water partition coefficient (Wildman–Crippen LogP) is 3.67. The van der Waals surface area contributed by atoms with Gasteiger partial charge in [0, 0.05) is 5.69 Å². The molecule has 0 atom stereocenters. The van der Waals surface area contributed by atoms with Gasteiger partial charge in [-0.1, -0.05) is 24.3 Å². The lowest BCUT2D eigenvalue weighted by Gasteiger charge is -2.12. The minimum atomic E-state index is -0.384. The second-order valence-corrected chi connectivity index (χ2v) is 5.45. The lowest BCUT2D eigenvalue weighted by Crippen LogP contribution is -2.22. The summed E-state index contributed by atoms with van der Waals surface area (Å²) in [5.74, 6) is -0.150. The van der Waals surface area contributed by atoms with Gasteiger partial charge < -0.3 is 15.4 Å². The van der Waals surface area contributed by atoms with Crippen molar-refractivity contribution in [1.29, 1.82) is 0 Å². The molecule has 0 aromatic heterocycles. The van der Waals surface area contributed by atoms with Crippen molar-refractivity contribution in [1.82, 2.24) is 0 Å². The van der Waals surface area contributed by atoms with Gasteiger partial charge in [-0.15, -0.1) is 0 Å². The van der Waals surface area contributed by atoms with Crippen LogP contribution in [0.4, 0.5) is 11.4 Å². The quantitative estimate of drug-likeness (QED) is 0.796. The zero-order valence-corrected chi connectivity index (χ0v) is 14.2. The number of amides is 2. The van der Waals surface area contributed by atoms with Crippen LogP contribution >= 0.6 is 0 Å². The molecule has 5 heteroatoms. The molecule has 2 aromatic carbocycles. The van der Waals surface area contributed by atoms with Crippen molar-refractivity contribution in [2.75, 3.05) is 17.2 Å². The third-order valence-electron chi connectivity index (χ3n) is 3.66. The summed E-state index contributed by atoms with van der Waals surface area (Å²) in [4.78, 5) is 24.2. The summed E-state index contributed by atoms with van der Waals surface area (Å²) in [5.41, 5.74) is 3.36. The average Bonchev–Trinajstić information content (AvgIpc) is 2.54. The highest BCUT2D eigenvalue weighted by molar-refractivity contribution is 6.08. The lowest BCUT2D eigenvalue weighted by molar-refractivity contribution is -0.123. The Morgan fingerprint density at radius 3 is 2.25 bits per heavy atom. The molecule has 24 heavy (non-hydrogen) atoms. The Morgan fingerprint density at radius 2 is 1.54 bits per heavy atom. The number of hydrogen-bond acceptors (Lipinski definition) is 3. The molecule has 0 spiro atoms. The number of benzene rings is 2. The molecule has 0 bridgehead atoms. The van der Waals surface area contributed by atoms with Gasteiger partial charge in [-0.3, -0.25) is 9.59 Å². The normalized spacial score (nSPS) is 10.1. The summed E-state index contributed by atoms with van der Waals surface area (Å²) in [6, 6.07) is 12.8. The van der Waals surface area contributed by atoms with Crippen LogP contribution in [0.1, 0.15) is 24.5 Å². The first-order valence-electron chi connectivity index (χ1n) is 7.89. The molecule has 0 aliphatic carbocycles. The minimum Gasteiger partial charge on any atom is -0.492 e. The highest BCUT2D eigenvalue weighted by Crippen LogP contribution is 2.24. The second-order valence-electron chi connectivity index (χ2n) is 5.45. The van der Waals surface area contributed by atoms with E-state index in [1.54, 1.807) is 18.2 Å². The largest absolute Gasteiger partial charge is 0.492 e. The van der Waals surface area contributed by atoms with Crippen LogP contribution in [0.5, 0.6) is 5.75 Å². The summed E-state index contributed by atoms with van der Waals surface area (Å²) < 4.78 is 5.45. The summed E-state index contributed by atoms with van der Waals surface area (Å²) in [6.07, 6.45) is -0.256. The van der Waals surface area contributed by atoms with E-state index in [9.17, 15) is 9.59 Å². The topological polar surface area (TPSA) is 67.4 Å². The fourth-order valence-electron chi connectivity index (χ4n) is 2.27. The van der Waals surface area contributed by atoms with Crippen molar-refractivity contribution in [2.45, 2.75) is 27.2 Å². The zero-order valence-electron chi connectivity index (χ0n) is 14.2. The maximum absolute atomic E-state index is 12.1. The van der Waals surface area contributed by atoms with Crippen molar-refractivity contribution in [3.05, 3.63) is 53.6 Å². The van der Waals surface area contributed by atoms with Crippen molar-refractivity contribution >= 4 is 23.2 Å². The van der Waals surface area contributed by atoms with Crippen molar-refractivity contribution < 1.29 is 14.3 Å². The smallest absolute Gasteiger partial charge is 0.233 e. The fraction of sp³-hybridized carbons (Fsp3) is 0.263. The standard InChI is InChI=1S/C19H22N2O3/c1-4-24-17-11-6-5-9-16(17)21-19(23)12-18(22)20-15-10-7-8-13(2)14(15)3/h5-11H,4,12H2,1-3H3,(H,20,22)(H,21,23). The van der Waals surface area contributed by atoms with E-state index in [0.29, 0.717) is 18.0 Å². The van der Waals surface area contributed by atoms with Crippen LogP contribution in [0, 0.1) is 13.8 Å². The number of nitrogens with one attached hydrogen (secondary N) is 2. The molecule has 0 aliphatic heterocycles. The Bertz CT molecular complexity index is 741. The molecule has 0 fully saturated rings. The van der Waals surface area contributed by atoms with Crippen LogP contribution in [0.2, 0.25) is 0 Å². The average molecular weight is 326 g/mol. The highest BCUT2D eigenvalue weighted by atomic mass is 16.5. The molecule has 2 rings (SSSR count). The van der Waals surface area contributed by atoms with E-state index in [-0.39, 0.29) is 18.2 Å². The Hall–Kier alpha value is -2.82. The molecule has 0 saturated carbocycles. The van der Waals surface area contributed by atoms with Crippen LogP contribution in [-0.4, -0.2) is 18.4 Å². The molecule has 2 amide bonds. The number of carbonyl (C=O) groups excluding carboxylic acids is 2. The van der Waals surface area contributed by atoms with Gasteiger partial charge in [0.25, 0.3) is 0 Å². The van der Waals surface area contributed by atoms with Crippen LogP contribution in [-0.2, 0) is 9.59 Å². The monoisotopic (exact) mass is 326 g/mol. The molecule has 0 unspecified atom stereocenters. The molecule has 126 valence electrons. The van der Waals surface area contributed by atoms with Crippen LogP contribution in [0.3, 0.4) is 0 Å². The van der Waals surface area contributed by atoms with E-state index in [1.807, 2.05) is 45.0 Å². The molecule has 2 aromatic rings. The number of anilines is 2. The minimum absolute atomic E-state index is 0.256. The van der Waals surface area contributed by atoms with Crippen LogP contribution in [0.15, 0.2) is 42.5 Å². The van der Waals surface area contributed by atoms with Crippen molar-refractivity contribution in [2.24, 2.45) is 0 Å². The van der Waals surface area contributed by atoms with Gasteiger partial charge in [-0.05, 0) is 50.1 Å². The van der Waals surface area contributed by atoms with Crippen LogP contribution in [0.25, 0.3) is 0 Å². The highest BCUT2D eigenvalue weighted by Gasteiger charge is 2.13. The first-order valence-corrected chi connectivity index (χ1v) is 7.89. The third-order valence-corrected chi connectivity index (χ3v) is 3.66. The first kappa shape index (κ1) is 17.5. The van der Waals surface area contributed by atoms with Gasteiger partial charge in [0.05, 0.1) is 12.3 Å². The summed E-state index contributed by atoms with van der Waals surface area (Å²) in [6.45, 7) is 6.28. The Labute approximate surface area is 142 Å². The second kappa shape index (κ2) is 8.15. The first-order chi connectivity index (χ1) is 11.5. The number of aryl methyl sites for hydroxylation is 1. The molecule has 0 radical (unpaired) electrons. The molecule has 0 heterocycles. The van der Waals surface area contributed by atoms with Gasteiger partial charge in [0.15, 0.2) is 0 Å². The Balaban J connectivity index is 1.97. The molecular formula is C19H22N2O3. The summed E-state index contributed by atoms with van der Waals surface area (Å²) >= 11 is 0. The van der Waals surface area contributed by atoms with Gasteiger partial charge in [-0.2, -0.15) is 0 Å². The van der Waals surface area contributed by atoms with Gasteiger partial charge >= 0.3 is 0 Å². The number of para-hydroxylation sites is 2. The summed E-state index contributed by atoms with van der Waals surface area (Å²) in [7, 11) is 0. The maximum atomic E-state index is 12.1. The fourth-order valence-corrected chi connectivity index (χ4v) is 2.27. The van der Waals surface area contributed by atoms with E-state index >= 15 is 0 Å². The zero-order chi connectivity index (χ0) is 17.5. The van der Waals surface area contributed by atoms with E-state index in [2.05, 4.69) is 10.6 Å². The predicted molar refractivity (Wildman–Crippen MR) is 95.4 cm³/mol. The number of ether oxygens (including phenoxy) is 1. The molecule has 2 N–H and O–H groups in total.